The van der Waals surface area contributed by atoms with Gasteiger partial charge in [0.15, 0.2) is 6.61 Å². The highest BCUT2D eigenvalue weighted by molar-refractivity contribution is 6.43. The Labute approximate surface area is 139 Å². The van der Waals surface area contributed by atoms with E-state index in [1.165, 1.54) is 12.1 Å². The van der Waals surface area contributed by atoms with Gasteiger partial charge in [0.25, 0.3) is 5.91 Å². The number of allylic oxidation sites excluding steroid dienone is 2. The van der Waals surface area contributed by atoms with Crippen LogP contribution in [0, 0.1) is 5.92 Å². The minimum Gasteiger partial charge on any atom is -0.482 e. The van der Waals surface area contributed by atoms with Crippen LogP contribution in [-0.2, 0) is 4.79 Å². The van der Waals surface area contributed by atoms with Crippen molar-refractivity contribution in [2.45, 2.75) is 19.3 Å². The number of hydrogen-bond donors (Lipinski definition) is 1. The Kier molecular flexibility index (Phi) is 6.22. The molecular formula is C15H16Cl3NO2. The van der Waals surface area contributed by atoms with Crippen LogP contribution in [0.3, 0.4) is 0 Å². The number of rotatable bonds is 5. The third-order valence-corrected chi connectivity index (χ3v) is 4.32. The van der Waals surface area contributed by atoms with Crippen molar-refractivity contribution in [2.24, 2.45) is 5.92 Å². The Morgan fingerprint density at radius 1 is 1.19 bits per heavy atom. The molecule has 1 amide bonds. The predicted octanol–water partition coefficient (Wildman–Crippen LogP) is 4.50. The van der Waals surface area contributed by atoms with Gasteiger partial charge in [-0.15, -0.1) is 0 Å². The van der Waals surface area contributed by atoms with Gasteiger partial charge in [-0.05, 0) is 31.2 Å². The molecule has 1 aromatic carbocycles. The van der Waals surface area contributed by atoms with Crippen molar-refractivity contribution < 1.29 is 9.53 Å². The quantitative estimate of drug-likeness (QED) is 0.628. The largest absolute Gasteiger partial charge is 0.482 e. The zero-order valence-electron chi connectivity index (χ0n) is 11.4. The van der Waals surface area contributed by atoms with E-state index in [1.54, 1.807) is 0 Å². The molecule has 6 heteroatoms. The van der Waals surface area contributed by atoms with Crippen LogP contribution in [0.2, 0.25) is 15.1 Å². The van der Waals surface area contributed by atoms with Crippen LogP contribution >= 0.6 is 34.8 Å². The van der Waals surface area contributed by atoms with E-state index in [9.17, 15) is 4.79 Å². The summed E-state index contributed by atoms with van der Waals surface area (Å²) in [5.41, 5.74) is 0. The molecule has 2 rings (SSSR count). The number of ether oxygens (including phenoxy) is 1. The molecule has 114 valence electrons. The van der Waals surface area contributed by atoms with Crippen molar-refractivity contribution in [1.29, 1.82) is 0 Å². The molecule has 0 saturated heterocycles. The van der Waals surface area contributed by atoms with Crippen molar-refractivity contribution in [3.8, 4) is 5.75 Å². The maximum Gasteiger partial charge on any atom is 0.257 e. The fraction of sp³-hybridized carbons (Fsp3) is 0.400. The standard InChI is InChI=1S/C15H16Cl3NO2/c16-11-6-13(18)14(7-12(11)17)21-9-15(20)19-8-10-4-2-1-3-5-10/h1-2,6-7,10H,3-5,8-9H2,(H,19,20). The van der Waals surface area contributed by atoms with Gasteiger partial charge in [0.05, 0.1) is 15.1 Å². The second kappa shape index (κ2) is 7.92. The van der Waals surface area contributed by atoms with Crippen molar-refractivity contribution in [3.63, 3.8) is 0 Å². The molecule has 0 saturated carbocycles. The van der Waals surface area contributed by atoms with E-state index in [0.717, 1.165) is 19.3 Å². The smallest absolute Gasteiger partial charge is 0.257 e. The number of halogens is 3. The van der Waals surface area contributed by atoms with Gasteiger partial charge in [-0.1, -0.05) is 47.0 Å². The molecule has 1 unspecified atom stereocenters. The summed E-state index contributed by atoms with van der Waals surface area (Å²) in [4.78, 5) is 11.8. The molecule has 0 aromatic heterocycles. The molecule has 1 aromatic rings. The van der Waals surface area contributed by atoms with Crippen LogP contribution in [-0.4, -0.2) is 19.1 Å². The van der Waals surface area contributed by atoms with Gasteiger partial charge in [0.1, 0.15) is 5.75 Å². The fourth-order valence-corrected chi connectivity index (χ4v) is 2.70. The summed E-state index contributed by atoms with van der Waals surface area (Å²) in [5.74, 6) is 0.682. The lowest BCUT2D eigenvalue weighted by Crippen LogP contribution is -2.33. The van der Waals surface area contributed by atoms with Gasteiger partial charge >= 0.3 is 0 Å². The lowest BCUT2D eigenvalue weighted by Gasteiger charge is -2.18. The van der Waals surface area contributed by atoms with Crippen molar-refractivity contribution in [1.82, 2.24) is 5.32 Å². The highest BCUT2D eigenvalue weighted by Crippen LogP contribution is 2.33. The Bertz CT molecular complexity index is 546. The first-order chi connectivity index (χ1) is 10.1. The van der Waals surface area contributed by atoms with E-state index >= 15 is 0 Å². The number of nitrogens with one attached hydrogen (secondary N) is 1. The topological polar surface area (TPSA) is 38.3 Å². The molecule has 0 heterocycles. The van der Waals surface area contributed by atoms with E-state index in [2.05, 4.69) is 17.5 Å². The van der Waals surface area contributed by atoms with Gasteiger partial charge < -0.3 is 10.1 Å². The zero-order valence-corrected chi connectivity index (χ0v) is 13.6. The molecule has 1 aliphatic carbocycles. The molecular weight excluding hydrogens is 333 g/mol. The second-order valence-corrected chi connectivity index (χ2v) is 6.16. The number of carbonyl (C=O) groups is 1. The number of carbonyl (C=O) groups excluding carboxylic acids is 1. The molecule has 0 fully saturated rings. The minimum absolute atomic E-state index is 0.0970. The van der Waals surface area contributed by atoms with Crippen LogP contribution < -0.4 is 10.1 Å². The Morgan fingerprint density at radius 3 is 2.67 bits per heavy atom. The van der Waals surface area contributed by atoms with Gasteiger partial charge in [0, 0.05) is 12.6 Å². The Hall–Kier alpha value is -0.900. The SMILES string of the molecule is O=C(COc1cc(Cl)c(Cl)cc1Cl)NCC1CC=CCC1. The van der Waals surface area contributed by atoms with Gasteiger partial charge in [-0.25, -0.2) is 0 Å². The summed E-state index contributed by atoms with van der Waals surface area (Å²) in [6.45, 7) is 0.571. The first-order valence-electron chi connectivity index (χ1n) is 6.75. The van der Waals surface area contributed by atoms with Crippen molar-refractivity contribution in [2.75, 3.05) is 13.2 Å². The third kappa shape index (κ3) is 5.10. The first-order valence-corrected chi connectivity index (χ1v) is 7.88. The normalized spacial score (nSPS) is 17.6. The summed E-state index contributed by atoms with van der Waals surface area (Å²) in [7, 11) is 0. The Balaban J connectivity index is 1.78. The van der Waals surface area contributed by atoms with Crippen LogP contribution in [0.4, 0.5) is 0 Å². The Morgan fingerprint density at radius 2 is 1.95 bits per heavy atom. The van der Waals surface area contributed by atoms with E-state index < -0.39 is 0 Å². The fourth-order valence-electron chi connectivity index (χ4n) is 2.11. The van der Waals surface area contributed by atoms with Crippen LogP contribution in [0.5, 0.6) is 5.75 Å². The lowest BCUT2D eigenvalue weighted by molar-refractivity contribution is -0.123. The van der Waals surface area contributed by atoms with Crippen LogP contribution in [0.25, 0.3) is 0 Å². The monoisotopic (exact) mass is 347 g/mol. The third-order valence-electron chi connectivity index (χ3n) is 3.30. The average molecular weight is 349 g/mol. The number of amides is 1. The van der Waals surface area contributed by atoms with E-state index in [-0.39, 0.29) is 12.5 Å². The van der Waals surface area contributed by atoms with Gasteiger partial charge in [-0.2, -0.15) is 0 Å². The van der Waals surface area contributed by atoms with Crippen molar-refractivity contribution in [3.05, 3.63) is 39.4 Å². The maximum absolute atomic E-state index is 11.8. The molecule has 1 aliphatic rings. The van der Waals surface area contributed by atoms with Gasteiger partial charge in [-0.3, -0.25) is 4.79 Å². The van der Waals surface area contributed by atoms with E-state index in [0.29, 0.717) is 33.3 Å². The van der Waals surface area contributed by atoms with Crippen molar-refractivity contribution >= 4 is 40.7 Å². The predicted molar refractivity (Wildman–Crippen MR) is 86.5 cm³/mol. The highest BCUT2D eigenvalue weighted by atomic mass is 35.5. The molecule has 1 atom stereocenters. The van der Waals surface area contributed by atoms with E-state index in [4.69, 9.17) is 39.5 Å². The summed E-state index contributed by atoms with van der Waals surface area (Å²) >= 11 is 17.7. The summed E-state index contributed by atoms with van der Waals surface area (Å²) in [6.07, 6.45) is 7.53. The number of benzene rings is 1. The molecule has 0 aliphatic heterocycles. The molecule has 3 nitrogen and oxygen atoms in total. The maximum atomic E-state index is 11.8. The lowest BCUT2D eigenvalue weighted by atomic mass is 9.94. The minimum atomic E-state index is -0.174. The summed E-state index contributed by atoms with van der Waals surface area (Å²) in [5, 5.41) is 3.89. The van der Waals surface area contributed by atoms with Crippen LogP contribution in [0.15, 0.2) is 24.3 Å². The molecule has 0 bridgehead atoms. The average Bonchev–Trinajstić information content (AvgIpc) is 2.48. The second-order valence-electron chi connectivity index (χ2n) is 4.94. The van der Waals surface area contributed by atoms with Crippen LogP contribution in [0.1, 0.15) is 19.3 Å². The molecule has 21 heavy (non-hydrogen) atoms. The summed E-state index contributed by atoms with van der Waals surface area (Å²) in [6, 6.07) is 3.00. The van der Waals surface area contributed by atoms with E-state index in [1.807, 2.05) is 0 Å². The first kappa shape index (κ1) is 16.5. The zero-order chi connectivity index (χ0) is 15.2. The number of hydrogen-bond acceptors (Lipinski definition) is 2. The molecule has 1 N–H and O–H groups in total. The molecule has 0 radical (unpaired) electrons. The summed E-state index contributed by atoms with van der Waals surface area (Å²) < 4.78 is 5.37. The van der Waals surface area contributed by atoms with Gasteiger partial charge in [0.2, 0.25) is 0 Å². The molecule has 0 spiro atoms. The highest BCUT2D eigenvalue weighted by Gasteiger charge is 2.13.